The smallest absolute Gasteiger partial charge is 0.249 e. The van der Waals surface area contributed by atoms with Crippen LogP contribution in [0.3, 0.4) is 0 Å². The zero-order valence-electron chi connectivity index (χ0n) is 12.9. The van der Waals surface area contributed by atoms with E-state index in [-0.39, 0.29) is 18.1 Å². The van der Waals surface area contributed by atoms with E-state index in [1.165, 1.54) is 0 Å². The van der Waals surface area contributed by atoms with E-state index < -0.39 is 0 Å². The largest absolute Gasteiger partial charge is 0.491 e. The van der Waals surface area contributed by atoms with Gasteiger partial charge in [0.05, 0.1) is 12.7 Å². The van der Waals surface area contributed by atoms with Crippen LogP contribution in [0, 0.1) is 0 Å². The van der Waals surface area contributed by atoms with Crippen molar-refractivity contribution in [2.24, 2.45) is 5.73 Å². The van der Waals surface area contributed by atoms with Crippen molar-refractivity contribution in [3.05, 3.63) is 29.8 Å². The molecule has 2 rings (SSSR count). The number of benzene rings is 1. The Balaban J connectivity index is 1.78. The lowest BCUT2D eigenvalue weighted by molar-refractivity contribution is -0.132. The monoisotopic (exact) mass is 308 g/mol. The third kappa shape index (κ3) is 4.98. The van der Waals surface area contributed by atoms with Crippen molar-refractivity contribution < 1.29 is 19.0 Å². The molecule has 1 aromatic carbocycles. The highest BCUT2D eigenvalue weighted by Gasteiger charge is 2.29. The van der Waals surface area contributed by atoms with Crippen LogP contribution in [0.1, 0.15) is 18.4 Å². The molecule has 0 unspecified atom stereocenters. The third-order valence-electron chi connectivity index (χ3n) is 3.58. The van der Waals surface area contributed by atoms with Crippen LogP contribution in [0.2, 0.25) is 0 Å². The van der Waals surface area contributed by atoms with Crippen molar-refractivity contribution in [3.63, 3.8) is 0 Å². The molecule has 0 aliphatic carbocycles. The number of rotatable bonds is 8. The van der Waals surface area contributed by atoms with Crippen LogP contribution in [-0.2, 0) is 20.8 Å². The summed E-state index contributed by atoms with van der Waals surface area (Å²) in [5.41, 5.74) is 6.53. The van der Waals surface area contributed by atoms with Gasteiger partial charge in [-0.25, -0.2) is 0 Å². The van der Waals surface area contributed by atoms with Crippen LogP contribution in [0.25, 0.3) is 0 Å². The fraction of sp³-hybridized carbons (Fsp3) is 0.562. The van der Waals surface area contributed by atoms with Gasteiger partial charge >= 0.3 is 0 Å². The molecule has 3 N–H and O–H groups in total. The summed E-state index contributed by atoms with van der Waals surface area (Å²) in [5.74, 6) is 0.686. The molecule has 1 aliphatic heterocycles. The summed E-state index contributed by atoms with van der Waals surface area (Å²) in [6, 6.07) is 7.64. The molecule has 122 valence electrons. The normalized spacial score (nSPS) is 20.8. The van der Waals surface area contributed by atoms with Gasteiger partial charge in [-0.15, -0.1) is 0 Å². The second-order valence-corrected chi connectivity index (χ2v) is 5.27. The number of hydrogen-bond acceptors (Lipinski definition) is 5. The highest BCUT2D eigenvalue weighted by Crippen LogP contribution is 2.19. The maximum absolute atomic E-state index is 12.1. The summed E-state index contributed by atoms with van der Waals surface area (Å²) in [4.78, 5) is 12.1. The van der Waals surface area contributed by atoms with Crippen LogP contribution in [0.4, 0.5) is 0 Å². The highest BCUT2D eigenvalue weighted by atomic mass is 16.5. The molecule has 1 amide bonds. The Bertz CT molecular complexity index is 481. The lowest BCUT2D eigenvalue weighted by Gasteiger charge is -2.13. The number of nitrogens with one attached hydrogen (secondary N) is 1. The van der Waals surface area contributed by atoms with Crippen LogP contribution >= 0.6 is 0 Å². The lowest BCUT2D eigenvalue weighted by Crippen LogP contribution is -2.35. The SMILES string of the molecule is COCCOc1cccc(CNC(=O)[C@@H]2CC[C@H](CN)O2)c1. The van der Waals surface area contributed by atoms with Crippen LogP contribution < -0.4 is 15.8 Å². The molecule has 0 saturated carbocycles. The van der Waals surface area contributed by atoms with E-state index in [2.05, 4.69) is 5.32 Å². The first-order chi connectivity index (χ1) is 10.7. The van der Waals surface area contributed by atoms with E-state index >= 15 is 0 Å². The number of ether oxygens (including phenoxy) is 3. The maximum Gasteiger partial charge on any atom is 0.249 e. The molecule has 1 heterocycles. The van der Waals surface area contributed by atoms with Crippen molar-refractivity contribution in [2.75, 3.05) is 26.9 Å². The topological polar surface area (TPSA) is 82.8 Å². The first-order valence-electron chi connectivity index (χ1n) is 7.57. The van der Waals surface area contributed by atoms with Gasteiger partial charge in [0.25, 0.3) is 0 Å². The molecule has 1 aromatic rings. The molecule has 6 nitrogen and oxygen atoms in total. The predicted molar refractivity (Wildman–Crippen MR) is 82.6 cm³/mol. The molecule has 0 radical (unpaired) electrons. The average molecular weight is 308 g/mol. The molecule has 22 heavy (non-hydrogen) atoms. The van der Waals surface area contributed by atoms with Crippen molar-refractivity contribution >= 4 is 5.91 Å². The molecule has 1 saturated heterocycles. The first kappa shape index (κ1) is 16.7. The number of carbonyl (C=O) groups excluding carboxylic acids is 1. The molecule has 0 bridgehead atoms. The molecule has 0 spiro atoms. The number of methoxy groups -OCH3 is 1. The maximum atomic E-state index is 12.1. The zero-order valence-corrected chi connectivity index (χ0v) is 12.9. The zero-order chi connectivity index (χ0) is 15.8. The molecule has 0 aromatic heterocycles. The summed E-state index contributed by atoms with van der Waals surface area (Å²) in [5, 5.41) is 2.90. The predicted octanol–water partition coefficient (Wildman–Crippen LogP) is 0.834. The minimum atomic E-state index is -0.380. The highest BCUT2D eigenvalue weighted by molar-refractivity contribution is 5.81. The second-order valence-electron chi connectivity index (χ2n) is 5.27. The van der Waals surface area contributed by atoms with E-state index in [4.69, 9.17) is 19.9 Å². The van der Waals surface area contributed by atoms with E-state index in [0.29, 0.717) is 26.3 Å². The third-order valence-corrected chi connectivity index (χ3v) is 3.58. The van der Waals surface area contributed by atoms with E-state index in [1.807, 2.05) is 24.3 Å². The van der Waals surface area contributed by atoms with Crippen LogP contribution in [0.15, 0.2) is 24.3 Å². The Hall–Kier alpha value is -1.63. The lowest BCUT2D eigenvalue weighted by atomic mass is 10.1. The Kier molecular flexibility index (Phi) is 6.64. The van der Waals surface area contributed by atoms with Gasteiger partial charge in [-0.1, -0.05) is 12.1 Å². The Labute approximate surface area is 130 Å². The van der Waals surface area contributed by atoms with Gasteiger partial charge in [0, 0.05) is 20.2 Å². The molecule has 6 heteroatoms. The van der Waals surface area contributed by atoms with E-state index in [1.54, 1.807) is 7.11 Å². The van der Waals surface area contributed by atoms with Crippen molar-refractivity contribution in [1.29, 1.82) is 0 Å². The molecule has 1 aliphatic rings. The first-order valence-corrected chi connectivity index (χ1v) is 7.57. The second kappa shape index (κ2) is 8.73. The quantitative estimate of drug-likeness (QED) is 0.695. The minimum Gasteiger partial charge on any atom is -0.491 e. The van der Waals surface area contributed by atoms with Gasteiger partial charge in [0.1, 0.15) is 18.5 Å². The molecular formula is C16H24N2O4. The molecule has 2 atom stereocenters. The van der Waals surface area contributed by atoms with E-state index in [9.17, 15) is 4.79 Å². The van der Waals surface area contributed by atoms with Crippen molar-refractivity contribution in [1.82, 2.24) is 5.32 Å². The van der Waals surface area contributed by atoms with Gasteiger partial charge in [-0.2, -0.15) is 0 Å². The number of hydrogen-bond donors (Lipinski definition) is 2. The van der Waals surface area contributed by atoms with Gasteiger partial charge in [0.15, 0.2) is 0 Å². The van der Waals surface area contributed by atoms with Crippen molar-refractivity contribution in [2.45, 2.75) is 31.6 Å². The number of carbonyl (C=O) groups is 1. The molecular weight excluding hydrogens is 284 g/mol. The van der Waals surface area contributed by atoms with E-state index in [0.717, 1.165) is 24.2 Å². The van der Waals surface area contributed by atoms with Gasteiger partial charge in [-0.3, -0.25) is 4.79 Å². The van der Waals surface area contributed by atoms with Gasteiger partial charge in [-0.05, 0) is 30.5 Å². The Morgan fingerprint density at radius 2 is 2.27 bits per heavy atom. The van der Waals surface area contributed by atoms with Gasteiger partial charge in [0.2, 0.25) is 5.91 Å². The minimum absolute atomic E-state index is 0.00765. The summed E-state index contributed by atoms with van der Waals surface area (Å²) in [6.07, 6.45) is 1.20. The Morgan fingerprint density at radius 1 is 1.41 bits per heavy atom. The number of amides is 1. The van der Waals surface area contributed by atoms with Crippen LogP contribution in [0.5, 0.6) is 5.75 Å². The van der Waals surface area contributed by atoms with Crippen LogP contribution in [-0.4, -0.2) is 45.0 Å². The Morgan fingerprint density at radius 3 is 3.00 bits per heavy atom. The standard InChI is InChI=1S/C16H24N2O4/c1-20-7-8-21-13-4-2-3-12(9-13)11-18-16(19)15-6-5-14(10-17)22-15/h2-4,9,14-15H,5-8,10-11,17H2,1H3,(H,18,19)/t14-,15+/m1/s1. The number of nitrogens with two attached hydrogens (primary N) is 1. The molecule has 1 fully saturated rings. The summed E-state index contributed by atoms with van der Waals surface area (Å²) in [6.45, 7) is 1.96. The average Bonchev–Trinajstić information content (AvgIpc) is 3.02. The van der Waals surface area contributed by atoms with Crippen molar-refractivity contribution in [3.8, 4) is 5.75 Å². The fourth-order valence-electron chi connectivity index (χ4n) is 2.36. The summed E-state index contributed by atoms with van der Waals surface area (Å²) < 4.78 is 16.1. The fourth-order valence-corrected chi connectivity index (χ4v) is 2.36. The summed E-state index contributed by atoms with van der Waals surface area (Å²) in [7, 11) is 1.63. The summed E-state index contributed by atoms with van der Waals surface area (Å²) >= 11 is 0. The van der Waals surface area contributed by atoms with Gasteiger partial charge < -0.3 is 25.3 Å².